The number of Topliss-reactive ketones (excluding diaryl/α,β-unsaturated/α-hetero) is 3. The molecule has 5 rings (SSSR count). The fourth-order valence-corrected chi connectivity index (χ4v) is 8.16. The summed E-state index contributed by atoms with van der Waals surface area (Å²) in [6, 6.07) is -3.15. The number of hydrogen-bond acceptors (Lipinski definition) is 9. The third-order valence-corrected chi connectivity index (χ3v) is 10.9. The predicted molar refractivity (Wildman–Crippen MR) is 182 cm³/mol. The second kappa shape index (κ2) is 15.9. The third kappa shape index (κ3) is 8.46. The summed E-state index contributed by atoms with van der Waals surface area (Å²) in [6.07, 6.45) is 12.9. The summed E-state index contributed by atoms with van der Waals surface area (Å²) in [5, 5.41) is 8.27. The lowest BCUT2D eigenvalue weighted by Crippen LogP contribution is -2.58. The Labute approximate surface area is 293 Å². The number of ketones is 3. The first-order valence-electron chi connectivity index (χ1n) is 18.4. The molecule has 0 bridgehead atoms. The van der Waals surface area contributed by atoms with Crippen LogP contribution >= 0.6 is 0 Å². The number of nitrogens with one attached hydrogen (secondary N) is 3. The standard InChI is InChI=1S/C37H52N6O7/c1-5-10-25(30(44)35(49)40-23-15-16-23)41-34(48)29-24-14-9-13-22(24)20-43(29)36(50)27(37(2,3)4)31(45)32(46)28(21-11-7-6-8-12-21)42-33(47)26-19-38-17-18-39-26/h17-19,21-25,27-29H,5-16,20H2,1-4H3,(H,40,49)(H,41,48)(H,42,47)/t22-,24-,25-,27+,28-,29?/m0/s1. The van der Waals surface area contributed by atoms with Crippen LogP contribution in [0.1, 0.15) is 115 Å². The quantitative estimate of drug-likeness (QED) is 0.195. The van der Waals surface area contributed by atoms with Crippen molar-refractivity contribution in [2.24, 2.45) is 29.1 Å². The number of carbonyl (C=O) groups excluding carboxylic acids is 7. The van der Waals surface area contributed by atoms with E-state index in [1.54, 1.807) is 20.8 Å². The smallest absolute Gasteiger partial charge is 0.289 e. The summed E-state index contributed by atoms with van der Waals surface area (Å²) in [7, 11) is 0. The molecule has 2 heterocycles. The van der Waals surface area contributed by atoms with E-state index in [2.05, 4.69) is 25.9 Å². The largest absolute Gasteiger partial charge is 0.347 e. The third-order valence-electron chi connectivity index (χ3n) is 10.9. The van der Waals surface area contributed by atoms with E-state index in [0.29, 0.717) is 25.7 Å². The van der Waals surface area contributed by atoms with Gasteiger partial charge in [-0.05, 0) is 68.1 Å². The van der Waals surface area contributed by atoms with E-state index in [0.717, 1.165) is 44.9 Å². The van der Waals surface area contributed by atoms with E-state index < -0.39 is 70.4 Å². The highest BCUT2D eigenvalue weighted by atomic mass is 16.2. The fourth-order valence-electron chi connectivity index (χ4n) is 8.16. The van der Waals surface area contributed by atoms with Gasteiger partial charge in [-0.2, -0.15) is 0 Å². The van der Waals surface area contributed by atoms with Crippen LogP contribution in [0.5, 0.6) is 0 Å². The molecule has 0 radical (unpaired) electrons. The Kier molecular flexibility index (Phi) is 11.8. The Balaban J connectivity index is 1.39. The molecule has 1 saturated heterocycles. The average molecular weight is 693 g/mol. The molecule has 4 aliphatic rings. The van der Waals surface area contributed by atoms with Gasteiger partial charge in [-0.25, -0.2) is 4.98 Å². The fraction of sp³-hybridized carbons (Fsp3) is 0.703. The van der Waals surface area contributed by atoms with Crippen molar-refractivity contribution < 1.29 is 33.6 Å². The van der Waals surface area contributed by atoms with E-state index in [9.17, 15) is 33.6 Å². The van der Waals surface area contributed by atoms with E-state index in [-0.39, 0.29) is 42.5 Å². The van der Waals surface area contributed by atoms with Gasteiger partial charge in [-0.3, -0.25) is 38.5 Å². The molecule has 3 saturated carbocycles. The number of rotatable bonds is 14. The number of hydrogen-bond donors (Lipinski definition) is 3. The summed E-state index contributed by atoms with van der Waals surface area (Å²) in [6.45, 7) is 7.26. The number of nitrogens with zero attached hydrogens (tertiary/aromatic N) is 3. The maximum Gasteiger partial charge on any atom is 0.289 e. The Morgan fingerprint density at radius 3 is 2.20 bits per heavy atom. The van der Waals surface area contributed by atoms with Crippen molar-refractivity contribution in [3.63, 3.8) is 0 Å². The summed E-state index contributed by atoms with van der Waals surface area (Å²) in [5.74, 6) is -6.78. The van der Waals surface area contributed by atoms with Gasteiger partial charge in [0.25, 0.3) is 11.8 Å². The number of fused-ring (bicyclic) bond motifs is 1. The molecule has 6 atom stereocenters. The molecule has 0 spiro atoms. The van der Waals surface area contributed by atoms with Crippen molar-refractivity contribution >= 4 is 41.0 Å². The van der Waals surface area contributed by atoms with Crippen molar-refractivity contribution in [3.05, 3.63) is 24.3 Å². The van der Waals surface area contributed by atoms with Crippen LogP contribution < -0.4 is 16.0 Å². The van der Waals surface area contributed by atoms with Gasteiger partial charge >= 0.3 is 0 Å². The molecule has 1 aromatic rings. The topological polar surface area (TPSA) is 185 Å². The molecule has 3 aliphatic carbocycles. The highest BCUT2D eigenvalue weighted by Gasteiger charge is 2.54. The first kappa shape index (κ1) is 37.2. The lowest BCUT2D eigenvalue weighted by Gasteiger charge is -2.36. The van der Waals surface area contributed by atoms with Crippen molar-refractivity contribution in [2.75, 3.05) is 6.54 Å². The predicted octanol–water partition coefficient (Wildman–Crippen LogP) is 2.72. The number of likely N-dealkylation sites (tertiary alicyclic amines) is 1. The molecule has 4 amide bonds. The van der Waals surface area contributed by atoms with Gasteiger partial charge in [-0.15, -0.1) is 0 Å². The molecule has 0 aromatic carbocycles. The second-order valence-corrected chi connectivity index (χ2v) is 15.7. The molecule has 4 fully saturated rings. The van der Waals surface area contributed by atoms with Crippen LogP contribution in [0.25, 0.3) is 0 Å². The minimum atomic E-state index is -1.42. The molecular weight excluding hydrogens is 640 g/mol. The van der Waals surface area contributed by atoms with Gasteiger partial charge in [0.1, 0.15) is 17.7 Å². The van der Waals surface area contributed by atoms with Crippen LogP contribution in [-0.2, 0) is 28.8 Å². The number of carbonyl (C=O) groups is 7. The average Bonchev–Trinajstić information content (AvgIpc) is 3.66. The summed E-state index contributed by atoms with van der Waals surface area (Å²) >= 11 is 0. The first-order valence-corrected chi connectivity index (χ1v) is 18.4. The monoisotopic (exact) mass is 692 g/mol. The van der Waals surface area contributed by atoms with Crippen LogP contribution in [-0.4, -0.2) is 86.6 Å². The maximum atomic E-state index is 14.6. The Morgan fingerprint density at radius 1 is 0.860 bits per heavy atom. The molecule has 272 valence electrons. The highest BCUT2D eigenvalue weighted by molar-refractivity contribution is 6.43. The molecular formula is C37H52N6O7. The van der Waals surface area contributed by atoms with Gasteiger partial charge in [-0.1, -0.05) is 59.8 Å². The van der Waals surface area contributed by atoms with Gasteiger partial charge in [0.05, 0.1) is 18.3 Å². The zero-order valence-corrected chi connectivity index (χ0v) is 29.7. The lowest BCUT2D eigenvalue weighted by atomic mass is 9.73. The molecule has 13 nitrogen and oxygen atoms in total. The molecule has 13 heteroatoms. The van der Waals surface area contributed by atoms with Crippen molar-refractivity contribution in [3.8, 4) is 0 Å². The second-order valence-electron chi connectivity index (χ2n) is 15.7. The molecule has 50 heavy (non-hydrogen) atoms. The van der Waals surface area contributed by atoms with E-state index >= 15 is 0 Å². The van der Waals surface area contributed by atoms with Crippen LogP contribution in [0.3, 0.4) is 0 Å². The van der Waals surface area contributed by atoms with Gasteiger partial charge in [0, 0.05) is 25.0 Å². The zero-order chi connectivity index (χ0) is 36.2. The van der Waals surface area contributed by atoms with E-state index in [4.69, 9.17) is 0 Å². The van der Waals surface area contributed by atoms with Crippen LogP contribution in [0, 0.1) is 29.1 Å². The van der Waals surface area contributed by atoms with Gasteiger partial charge in [0.2, 0.25) is 29.2 Å². The molecule has 1 aromatic heterocycles. The van der Waals surface area contributed by atoms with Crippen molar-refractivity contribution in [1.29, 1.82) is 0 Å². The Bertz CT molecular complexity index is 1470. The lowest BCUT2D eigenvalue weighted by molar-refractivity contribution is -0.154. The zero-order valence-electron chi connectivity index (χ0n) is 29.7. The number of aromatic nitrogens is 2. The SMILES string of the molecule is CCC[C@H](NC(=O)C1[C@H]2CCC[C@H]2CN1C(=O)[C@@H](C(=O)C(=O)[C@@H](NC(=O)c1cnccn1)C1CCCCC1)C(C)(C)C)C(=O)C(=O)NC1CC1. The van der Waals surface area contributed by atoms with E-state index in [1.807, 2.05) is 6.92 Å². The first-order chi connectivity index (χ1) is 23.8. The minimum absolute atomic E-state index is 0.0133. The van der Waals surface area contributed by atoms with E-state index in [1.165, 1.54) is 23.5 Å². The van der Waals surface area contributed by atoms with Crippen molar-refractivity contribution in [1.82, 2.24) is 30.8 Å². The van der Waals surface area contributed by atoms with Crippen molar-refractivity contribution in [2.45, 2.75) is 129 Å². The Morgan fingerprint density at radius 2 is 1.58 bits per heavy atom. The van der Waals surface area contributed by atoms with Crippen LogP contribution in [0.4, 0.5) is 0 Å². The minimum Gasteiger partial charge on any atom is -0.347 e. The normalized spacial score (nSPS) is 24.0. The number of amides is 4. The van der Waals surface area contributed by atoms with Crippen LogP contribution in [0.2, 0.25) is 0 Å². The summed E-state index contributed by atoms with van der Waals surface area (Å²) < 4.78 is 0. The molecule has 3 N–H and O–H groups in total. The molecule has 1 aliphatic heterocycles. The highest BCUT2D eigenvalue weighted by Crippen LogP contribution is 2.44. The summed E-state index contributed by atoms with van der Waals surface area (Å²) in [4.78, 5) is 106. The maximum absolute atomic E-state index is 14.6. The van der Waals surface area contributed by atoms with Gasteiger partial charge < -0.3 is 20.9 Å². The summed E-state index contributed by atoms with van der Waals surface area (Å²) in [5.41, 5.74) is -0.990. The van der Waals surface area contributed by atoms with Crippen LogP contribution in [0.15, 0.2) is 18.6 Å². The Hall–Kier alpha value is -4.03. The van der Waals surface area contributed by atoms with Gasteiger partial charge in [0.15, 0.2) is 0 Å². The molecule has 1 unspecified atom stereocenters.